The van der Waals surface area contributed by atoms with Gasteiger partial charge in [-0.15, -0.1) is 6.58 Å². The molecule has 0 radical (unpaired) electrons. The van der Waals surface area contributed by atoms with E-state index >= 15 is 0 Å². The first kappa shape index (κ1) is 13.6. The lowest BCUT2D eigenvalue weighted by Gasteiger charge is -2.26. The van der Waals surface area contributed by atoms with Gasteiger partial charge in [-0.25, -0.2) is 0 Å². The lowest BCUT2D eigenvalue weighted by molar-refractivity contribution is 0.559. The van der Waals surface area contributed by atoms with Crippen LogP contribution in [0.1, 0.15) is 24.0 Å². The molecule has 0 aliphatic rings. The van der Waals surface area contributed by atoms with Gasteiger partial charge in [0.15, 0.2) is 0 Å². The second kappa shape index (κ2) is 6.91. The molecule has 0 saturated heterocycles. The van der Waals surface area contributed by atoms with Crippen LogP contribution in [0.4, 0.5) is 0 Å². The van der Waals surface area contributed by atoms with Gasteiger partial charge in [-0.2, -0.15) is 0 Å². The Hall–Kier alpha value is -1.86. The van der Waals surface area contributed by atoms with E-state index in [4.69, 9.17) is 0 Å². The molecule has 0 heterocycles. The molecule has 0 amide bonds. The van der Waals surface area contributed by atoms with E-state index in [0.29, 0.717) is 5.92 Å². The summed E-state index contributed by atoms with van der Waals surface area (Å²) in [5.41, 5.74) is 2.64. The fourth-order valence-corrected chi connectivity index (χ4v) is 2.50. The Morgan fingerprint density at radius 3 is 1.79 bits per heavy atom. The fourth-order valence-electron chi connectivity index (χ4n) is 2.50. The first-order valence-corrected chi connectivity index (χ1v) is 6.82. The molecule has 0 aromatic heterocycles. The summed E-state index contributed by atoms with van der Waals surface area (Å²) in [6.07, 6.45) is 2.01. The molecule has 0 spiro atoms. The summed E-state index contributed by atoms with van der Waals surface area (Å²) in [7, 11) is 0. The van der Waals surface area contributed by atoms with E-state index < -0.39 is 0 Å². The highest BCUT2D eigenvalue weighted by atomic mass is 14.9. The van der Waals surface area contributed by atoms with Crippen LogP contribution in [0, 0.1) is 0 Å². The monoisotopic (exact) mass is 251 g/mol. The number of nitrogens with one attached hydrogen (secondary N) is 1. The zero-order valence-electron chi connectivity index (χ0n) is 11.4. The summed E-state index contributed by atoms with van der Waals surface area (Å²) in [4.78, 5) is 0. The number of rotatable bonds is 6. The molecule has 0 bridgehead atoms. The van der Waals surface area contributed by atoms with Gasteiger partial charge in [-0.05, 0) is 17.7 Å². The number of hydrogen-bond donors (Lipinski definition) is 1. The van der Waals surface area contributed by atoms with Gasteiger partial charge in [0.05, 0.1) is 0 Å². The highest BCUT2D eigenvalue weighted by Crippen LogP contribution is 2.28. The number of likely N-dealkylation sites (N-methyl/N-ethyl adjacent to an activating group) is 1. The molecule has 1 N–H and O–H groups in total. The summed E-state index contributed by atoms with van der Waals surface area (Å²) in [6, 6.07) is 21.5. The van der Waals surface area contributed by atoms with E-state index in [1.165, 1.54) is 11.1 Å². The van der Waals surface area contributed by atoms with Crippen LogP contribution in [0.5, 0.6) is 0 Å². The molecule has 0 aliphatic carbocycles. The fraction of sp³-hybridized carbons (Fsp3) is 0.222. The summed E-state index contributed by atoms with van der Waals surface area (Å²) in [5, 5.41) is 3.51. The van der Waals surface area contributed by atoms with Crippen LogP contribution in [-0.2, 0) is 0 Å². The minimum atomic E-state index is 0.245. The number of hydrogen-bond acceptors (Lipinski definition) is 1. The van der Waals surface area contributed by atoms with Gasteiger partial charge in [0.25, 0.3) is 0 Å². The lowest BCUT2D eigenvalue weighted by atomic mass is 9.85. The van der Waals surface area contributed by atoms with Crippen molar-refractivity contribution >= 4 is 0 Å². The minimum Gasteiger partial charge on any atom is -0.310 e. The van der Waals surface area contributed by atoms with Crippen LogP contribution in [0.25, 0.3) is 0 Å². The average molecular weight is 251 g/mol. The largest absolute Gasteiger partial charge is 0.310 e. The summed E-state index contributed by atoms with van der Waals surface area (Å²) < 4.78 is 0. The maximum absolute atomic E-state index is 3.99. The van der Waals surface area contributed by atoms with Crippen molar-refractivity contribution in [2.24, 2.45) is 0 Å². The summed E-state index contributed by atoms with van der Waals surface area (Å²) >= 11 is 0. The molecular formula is C18H21N. The van der Waals surface area contributed by atoms with Gasteiger partial charge >= 0.3 is 0 Å². The molecule has 0 aliphatic heterocycles. The molecule has 1 nitrogen and oxygen atoms in total. The van der Waals surface area contributed by atoms with Crippen LogP contribution < -0.4 is 5.32 Å². The summed E-state index contributed by atoms with van der Waals surface area (Å²) in [5.74, 6) is 0.305. The zero-order valence-corrected chi connectivity index (χ0v) is 11.4. The third-order valence-electron chi connectivity index (χ3n) is 3.37. The highest BCUT2D eigenvalue weighted by molar-refractivity contribution is 5.35. The van der Waals surface area contributed by atoms with Gasteiger partial charge in [0.2, 0.25) is 0 Å². The Labute approximate surface area is 116 Å². The van der Waals surface area contributed by atoms with Gasteiger partial charge in [0.1, 0.15) is 0 Å². The van der Waals surface area contributed by atoms with Gasteiger partial charge in [-0.3, -0.25) is 0 Å². The van der Waals surface area contributed by atoms with Crippen molar-refractivity contribution in [3.8, 4) is 0 Å². The van der Waals surface area contributed by atoms with Crippen molar-refractivity contribution in [2.45, 2.75) is 18.9 Å². The van der Waals surface area contributed by atoms with Crippen LogP contribution in [-0.4, -0.2) is 12.6 Å². The highest BCUT2D eigenvalue weighted by Gasteiger charge is 2.21. The molecule has 2 rings (SSSR count). The third-order valence-corrected chi connectivity index (χ3v) is 3.37. The van der Waals surface area contributed by atoms with E-state index in [1.807, 2.05) is 6.08 Å². The smallest absolute Gasteiger partial charge is 0.0357 e. The molecular weight excluding hydrogens is 230 g/mol. The maximum Gasteiger partial charge on any atom is 0.0357 e. The predicted octanol–water partition coefficient (Wildman–Crippen LogP) is 3.98. The number of benzene rings is 2. The molecule has 98 valence electrons. The Bertz CT molecular complexity index is 450. The van der Waals surface area contributed by atoms with Gasteiger partial charge in [-0.1, -0.05) is 73.7 Å². The quantitative estimate of drug-likeness (QED) is 0.766. The molecule has 1 atom stereocenters. The molecule has 1 unspecified atom stereocenters. The second-order valence-electron chi connectivity index (χ2n) is 4.62. The van der Waals surface area contributed by atoms with E-state index in [9.17, 15) is 0 Å². The standard InChI is InChI=1S/C18H21N/c1-3-17(19-4-2)18(15-11-7-5-8-12-15)16-13-9-6-10-14-16/h3,5-14,17-19H,1,4H2,2H3. The normalized spacial score (nSPS) is 12.3. The van der Waals surface area contributed by atoms with Crippen LogP contribution >= 0.6 is 0 Å². The van der Waals surface area contributed by atoms with Crippen molar-refractivity contribution in [2.75, 3.05) is 6.54 Å². The van der Waals surface area contributed by atoms with Crippen molar-refractivity contribution in [3.63, 3.8) is 0 Å². The van der Waals surface area contributed by atoms with Crippen LogP contribution in [0.3, 0.4) is 0 Å². The molecule has 2 aromatic carbocycles. The van der Waals surface area contributed by atoms with Gasteiger partial charge < -0.3 is 5.32 Å². The predicted molar refractivity (Wildman–Crippen MR) is 82.4 cm³/mol. The molecule has 2 aromatic rings. The first-order valence-electron chi connectivity index (χ1n) is 6.82. The molecule has 1 heteroatoms. The van der Waals surface area contributed by atoms with E-state index in [0.717, 1.165) is 6.54 Å². The van der Waals surface area contributed by atoms with Crippen molar-refractivity contribution < 1.29 is 0 Å². The van der Waals surface area contributed by atoms with E-state index in [1.54, 1.807) is 0 Å². The Morgan fingerprint density at radius 1 is 0.947 bits per heavy atom. The van der Waals surface area contributed by atoms with Crippen molar-refractivity contribution in [1.82, 2.24) is 5.32 Å². The first-order chi connectivity index (χ1) is 9.36. The van der Waals surface area contributed by atoms with E-state index in [-0.39, 0.29) is 6.04 Å². The van der Waals surface area contributed by atoms with Crippen LogP contribution in [0.15, 0.2) is 73.3 Å². The van der Waals surface area contributed by atoms with E-state index in [2.05, 4.69) is 79.5 Å². The second-order valence-corrected chi connectivity index (χ2v) is 4.62. The molecule has 19 heavy (non-hydrogen) atoms. The SMILES string of the molecule is C=CC(NCC)C(c1ccccc1)c1ccccc1. The maximum atomic E-state index is 3.99. The lowest BCUT2D eigenvalue weighted by Crippen LogP contribution is -2.33. The Kier molecular flexibility index (Phi) is 4.93. The zero-order chi connectivity index (χ0) is 13.5. The Morgan fingerprint density at radius 2 is 1.42 bits per heavy atom. The topological polar surface area (TPSA) is 12.0 Å². The van der Waals surface area contributed by atoms with Crippen molar-refractivity contribution in [1.29, 1.82) is 0 Å². The van der Waals surface area contributed by atoms with Crippen LogP contribution in [0.2, 0.25) is 0 Å². The molecule has 0 saturated carbocycles. The van der Waals surface area contributed by atoms with Crippen molar-refractivity contribution in [3.05, 3.63) is 84.4 Å². The Balaban J connectivity index is 2.41. The molecule has 0 fully saturated rings. The third kappa shape index (κ3) is 3.33. The average Bonchev–Trinajstić information content (AvgIpc) is 2.49. The summed E-state index contributed by atoms with van der Waals surface area (Å²) in [6.45, 7) is 7.05. The minimum absolute atomic E-state index is 0.245. The van der Waals surface area contributed by atoms with Gasteiger partial charge in [0, 0.05) is 12.0 Å².